The molecule has 0 radical (unpaired) electrons. The number of nitrogens with one attached hydrogen (secondary N) is 1. The van der Waals surface area contributed by atoms with Gasteiger partial charge in [-0.3, -0.25) is 4.79 Å². The van der Waals surface area contributed by atoms with Gasteiger partial charge in [-0.15, -0.1) is 0 Å². The topological polar surface area (TPSA) is 46.9 Å². The van der Waals surface area contributed by atoms with E-state index in [1.807, 2.05) is 26.1 Å². The van der Waals surface area contributed by atoms with Crippen LogP contribution in [-0.4, -0.2) is 22.0 Å². The predicted octanol–water partition coefficient (Wildman–Crippen LogP) is 2.37. The molecule has 2 aromatic heterocycles. The number of hydrogen-bond acceptors (Lipinski definition) is 2. The molecular weight excluding hydrogens is 238 g/mol. The number of carbonyl (C=O) groups excluding carboxylic acids is 1. The zero-order valence-electron chi connectivity index (χ0n) is 11.8. The van der Waals surface area contributed by atoms with Gasteiger partial charge >= 0.3 is 0 Å². The second-order valence-electron chi connectivity index (χ2n) is 5.01. The van der Waals surface area contributed by atoms with Gasteiger partial charge in [0.2, 0.25) is 5.91 Å². The minimum atomic E-state index is 0.0404. The molecule has 0 saturated heterocycles. The minimum Gasteiger partial charge on any atom is -0.356 e. The van der Waals surface area contributed by atoms with Crippen molar-refractivity contribution < 1.29 is 4.79 Å². The van der Waals surface area contributed by atoms with E-state index in [0.717, 1.165) is 18.6 Å². The first-order valence-electron chi connectivity index (χ1n) is 6.84. The third-order valence-corrected chi connectivity index (χ3v) is 3.27. The van der Waals surface area contributed by atoms with Crippen LogP contribution in [0.15, 0.2) is 24.5 Å². The van der Waals surface area contributed by atoms with E-state index in [4.69, 9.17) is 0 Å². The maximum absolute atomic E-state index is 11.5. The standard InChI is InChI=1S/C15H21N3O/c1-4-18-10-12(7-9-17-15(19)11(2)3)13-6-5-8-16-14(13)18/h5-6,8,10-11H,4,7,9H2,1-3H3,(H,17,19). The van der Waals surface area contributed by atoms with Crippen molar-refractivity contribution in [2.24, 2.45) is 5.92 Å². The van der Waals surface area contributed by atoms with Crippen molar-refractivity contribution >= 4 is 16.9 Å². The van der Waals surface area contributed by atoms with Gasteiger partial charge < -0.3 is 9.88 Å². The Bertz CT molecular complexity index is 572. The van der Waals surface area contributed by atoms with Gasteiger partial charge in [0, 0.05) is 36.8 Å². The molecule has 1 amide bonds. The number of pyridine rings is 1. The Morgan fingerprint density at radius 2 is 2.26 bits per heavy atom. The number of nitrogens with zero attached hydrogens (tertiary/aromatic N) is 2. The molecule has 0 aliphatic rings. The van der Waals surface area contributed by atoms with Crippen LogP contribution in [0.1, 0.15) is 26.3 Å². The van der Waals surface area contributed by atoms with Crippen LogP contribution in [0, 0.1) is 5.92 Å². The Labute approximate surface area is 113 Å². The lowest BCUT2D eigenvalue weighted by Crippen LogP contribution is -2.29. The molecule has 0 atom stereocenters. The third kappa shape index (κ3) is 2.95. The lowest BCUT2D eigenvalue weighted by Gasteiger charge is -2.06. The molecule has 102 valence electrons. The van der Waals surface area contributed by atoms with E-state index in [9.17, 15) is 4.79 Å². The number of aromatic nitrogens is 2. The molecule has 2 rings (SSSR count). The smallest absolute Gasteiger partial charge is 0.222 e. The monoisotopic (exact) mass is 259 g/mol. The molecular formula is C15H21N3O. The molecule has 2 aromatic rings. The van der Waals surface area contributed by atoms with Crippen molar-refractivity contribution in [1.29, 1.82) is 0 Å². The highest BCUT2D eigenvalue weighted by Crippen LogP contribution is 2.19. The van der Waals surface area contributed by atoms with Crippen LogP contribution in [0.2, 0.25) is 0 Å². The first kappa shape index (κ1) is 13.6. The normalized spacial score (nSPS) is 11.2. The fourth-order valence-electron chi connectivity index (χ4n) is 2.16. The second-order valence-corrected chi connectivity index (χ2v) is 5.01. The molecule has 0 aliphatic heterocycles. The quantitative estimate of drug-likeness (QED) is 0.896. The van der Waals surface area contributed by atoms with Gasteiger partial charge in [0.25, 0.3) is 0 Å². The minimum absolute atomic E-state index is 0.0404. The lowest BCUT2D eigenvalue weighted by atomic mass is 10.1. The van der Waals surface area contributed by atoms with Crippen LogP contribution in [0.4, 0.5) is 0 Å². The molecule has 0 bridgehead atoms. The van der Waals surface area contributed by atoms with Gasteiger partial charge in [0.05, 0.1) is 0 Å². The van der Waals surface area contributed by atoms with E-state index in [1.54, 1.807) is 0 Å². The van der Waals surface area contributed by atoms with Gasteiger partial charge in [-0.05, 0) is 31.0 Å². The van der Waals surface area contributed by atoms with Crippen molar-refractivity contribution in [3.63, 3.8) is 0 Å². The summed E-state index contributed by atoms with van der Waals surface area (Å²) in [5.41, 5.74) is 2.27. The average Bonchev–Trinajstić information content (AvgIpc) is 2.77. The summed E-state index contributed by atoms with van der Waals surface area (Å²) in [5.74, 6) is 0.149. The Morgan fingerprint density at radius 1 is 1.47 bits per heavy atom. The van der Waals surface area contributed by atoms with Crippen LogP contribution in [0.3, 0.4) is 0 Å². The number of hydrogen-bond donors (Lipinski definition) is 1. The maximum Gasteiger partial charge on any atom is 0.222 e. The van der Waals surface area contributed by atoms with Crippen molar-refractivity contribution in [2.75, 3.05) is 6.54 Å². The summed E-state index contributed by atoms with van der Waals surface area (Å²) in [7, 11) is 0. The molecule has 4 heteroatoms. The summed E-state index contributed by atoms with van der Waals surface area (Å²) in [5, 5.41) is 4.14. The van der Waals surface area contributed by atoms with E-state index in [1.165, 1.54) is 10.9 Å². The van der Waals surface area contributed by atoms with Crippen LogP contribution < -0.4 is 5.32 Å². The highest BCUT2D eigenvalue weighted by atomic mass is 16.1. The van der Waals surface area contributed by atoms with Crippen molar-refractivity contribution in [1.82, 2.24) is 14.9 Å². The molecule has 0 aliphatic carbocycles. The SMILES string of the molecule is CCn1cc(CCNC(=O)C(C)C)c2cccnc21. The first-order chi connectivity index (χ1) is 9.13. The highest BCUT2D eigenvalue weighted by Gasteiger charge is 2.09. The fraction of sp³-hybridized carbons (Fsp3) is 0.467. The van der Waals surface area contributed by atoms with Crippen LogP contribution in [-0.2, 0) is 17.8 Å². The largest absolute Gasteiger partial charge is 0.356 e. The zero-order valence-corrected chi connectivity index (χ0v) is 11.8. The van der Waals surface area contributed by atoms with Crippen molar-refractivity contribution in [3.8, 4) is 0 Å². The third-order valence-electron chi connectivity index (χ3n) is 3.27. The predicted molar refractivity (Wildman–Crippen MR) is 77.0 cm³/mol. The fourth-order valence-corrected chi connectivity index (χ4v) is 2.16. The summed E-state index contributed by atoms with van der Waals surface area (Å²) in [6, 6.07) is 4.05. The molecule has 1 N–H and O–H groups in total. The highest BCUT2D eigenvalue weighted by molar-refractivity contribution is 5.81. The van der Waals surface area contributed by atoms with Crippen LogP contribution in [0.25, 0.3) is 11.0 Å². The number of carbonyl (C=O) groups is 1. The maximum atomic E-state index is 11.5. The van der Waals surface area contributed by atoms with Gasteiger partial charge in [0.1, 0.15) is 5.65 Å². The summed E-state index contributed by atoms with van der Waals surface area (Å²) in [6.45, 7) is 7.50. The van der Waals surface area contributed by atoms with Crippen molar-refractivity contribution in [2.45, 2.75) is 33.7 Å². The van der Waals surface area contributed by atoms with Crippen LogP contribution in [0.5, 0.6) is 0 Å². The second kappa shape index (κ2) is 5.87. The summed E-state index contributed by atoms with van der Waals surface area (Å²) in [4.78, 5) is 15.9. The average molecular weight is 259 g/mol. The van der Waals surface area contributed by atoms with E-state index in [0.29, 0.717) is 6.54 Å². The van der Waals surface area contributed by atoms with Gasteiger partial charge in [-0.25, -0.2) is 4.98 Å². The molecule has 0 aromatic carbocycles. The molecule has 0 fully saturated rings. The molecule has 2 heterocycles. The molecule has 4 nitrogen and oxygen atoms in total. The first-order valence-corrected chi connectivity index (χ1v) is 6.84. The molecule has 0 saturated carbocycles. The van der Waals surface area contributed by atoms with E-state index >= 15 is 0 Å². The Kier molecular flexibility index (Phi) is 4.20. The number of amides is 1. The van der Waals surface area contributed by atoms with E-state index in [2.05, 4.69) is 34.1 Å². The Morgan fingerprint density at radius 3 is 2.95 bits per heavy atom. The molecule has 0 spiro atoms. The van der Waals surface area contributed by atoms with E-state index in [-0.39, 0.29) is 11.8 Å². The number of fused-ring (bicyclic) bond motifs is 1. The van der Waals surface area contributed by atoms with E-state index < -0.39 is 0 Å². The number of aryl methyl sites for hydroxylation is 1. The van der Waals surface area contributed by atoms with Crippen molar-refractivity contribution in [3.05, 3.63) is 30.1 Å². The van der Waals surface area contributed by atoms with Gasteiger partial charge in [0.15, 0.2) is 0 Å². The summed E-state index contributed by atoms with van der Waals surface area (Å²) >= 11 is 0. The Balaban J connectivity index is 2.11. The summed E-state index contributed by atoms with van der Waals surface area (Å²) < 4.78 is 2.15. The van der Waals surface area contributed by atoms with Gasteiger partial charge in [-0.1, -0.05) is 13.8 Å². The Hall–Kier alpha value is -1.84. The zero-order chi connectivity index (χ0) is 13.8. The summed E-state index contributed by atoms with van der Waals surface area (Å²) in [6.07, 6.45) is 4.80. The molecule has 0 unspecified atom stereocenters. The van der Waals surface area contributed by atoms with Gasteiger partial charge in [-0.2, -0.15) is 0 Å². The number of rotatable bonds is 5. The van der Waals surface area contributed by atoms with Crippen LogP contribution >= 0.6 is 0 Å². The molecule has 19 heavy (non-hydrogen) atoms. The lowest BCUT2D eigenvalue weighted by molar-refractivity contribution is -0.123.